The van der Waals surface area contributed by atoms with Gasteiger partial charge in [-0.1, -0.05) is 0 Å². The first-order chi connectivity index (χ1) is 7.62. The number of methoxy groups -OCH3 is 2. The number of esters is 1. The van der Waals surface area contributed by atoms with E-state index in [-0.39, 0.29) is 5.97 Å². The predicted molar refractivity (Wildman–Crippen MR) is 62.3 cm³/mol. The van der Waals surface area contributed by atoms with E-state index in [1.54, 1.807) is 7.11 Å². The summed E-state index contributed by atoms with van der Waals surface area (Å²) in [5.41, 5.74) is -0.524. The van der Waals surface area contributed by atoms with Gasteiger partial charge in [-0.15, -0.1) is 0 Å². The lowest BCUT2D eigenvalue weighted by Crippen LogP contribution is -2.51. The van der Waals surface area contributed by atoms with E-state index >= 15 is 0 Å². The topological polar surface area (TPSA) is 47.6 Å². The van der Waals surface area contributed by atoms with E-state index < -0.39 is 5.54 Å². The third-order valence-electron chi connectivity index (χ3n) is 3.01. The van der Waals surface area contributed by atoms with Crippen molar-refractivity contribution in [3.8, 4) is 0 Å². The Hall–Kier alpha value is -0.610. The zero-order valence-corrected chi connectivity index (χ0v) is 10.5. The maximum absolute atomic E-state index is 11.7. The molecule has 1 fully saturated rings. The van der Waals surface area contributed by atoms with Gasteiger partial charge >= 0.3 is 5.97 Å². The van der Waals surface area contributed by atoms with E-state index in [1.807, 2.05) is 6.92 Å². The van der Waals surface area contributed by atoms with Gasteiger partial charge in [0.2, 0.25) is 0 Å². The molecular weight excluding hydrogens is 206 g/mol. The van der Waals surface area contributed by atoms with Gasteiger partial charge in [0.25, 0.3) is 0 Å². The molecule has 0 bridgehead atoms. The molecule has 1 rings (SSSR count). The smallest absolute Gasteiger partial charge is 0.325 e. The molecule has 0 aromatic carbocycles. The van der Waals surface area contributed by atoms with Crippen LogP contribution in [0.15, 0.2) is 0 Å². The predicted octanol–water partition coefficient (Wildman–Crippen LogP) is 1.49. The summed E-state index contributed by atoms with van der Waals surface area (Å²) in [7, 11) is 3.15. The van der Waals surface area contributed by atoms with Crippen LogP contribution in [-0.2, 0) is 14.3 Å². The van der Waals surface area contributed by atoms with Crippen LogP contribution < -0.4 is 5.32 Å². The van der Waals surface area contributed by atoms with Crippen LogP contribution in [0.4, 0.5) is 0 Å². The molecule has 0 radical (unpaired) electrons. The van der Waals surface area contributed by atoms with Gasteiger partial charge in [-0.2, -0.15) is 0 Å². The highest BCUT2D eigenvalue weighted by Crippen LogP contribution is 2.25. The number of carbonyl (C=O) groups is 1. The summed E-state index contributed by atoms with van der Waals surface area (Å²) in [5, 5.41) is 3.38. The highest BCUT2D eigenvalue weighted by molar-refractivity contribution is 5.80. The number of rotatable bonds is 8. The van der Waals surface area contributed by atoms with Crippen LogP contribution in [0.1, 0.15) is 39.0 Å². The minimum atomic E-state index is -0.524. The normalized spacial score (nSPS) is 19.2. The van der Waals surface area contributed by atoms with Crippen molar-refractivity contribution in [2.24, 2.45) is 0 Å². The van der Waals surface area contributed by atoms with Gasteiger partial charge in [-0.25, -0.2) is 0 Å². The van der Waals surface area contributed by atoms with Gasteiger partial charge in [-0.05, 0) is 39.0 Å². The number of carbonyl (C=O) groups excluding carboxylic acids is 1. The molecule has 1 saturated carbocycles. The average Bonchev–Trinajstić information content (AvgIpc) is 3.07. The molecule has 0 aliphatic heterocycles. The fourth-order valence-corrected chi connectivity index (χ4v) is 1.86. The first-order valence-electron chi connectivity index (χ1n) is 5.97. The number of hydrogen-bond acceptors (Lipinski definition) is 4. The SMILES string of the molecule is COCCCCC(C)(NC1CC1)C(=O)OC. The Morgan fingerprint density at radius 1 is 1.38 bits per heavy atom. The second-order valence-electron chi connectivity index (χ2n) is 4.69. The van der Waals surface area contributed by atoms with Gasteiger partial charge in [0.15, 0.2) is 0 Å². The molecule has 94 valence electrons. The van der Waals surface area contributed by atoms with Gasteiger partial charge < -0.3 is 9.47 Å². The maximum Gasteiger partial charge on any atom is 0.325 e. The van der Waals surface area contributed by atoms with Crippen molar-refractivity contribution in [1.82, 2.24) is 5.32 Å². The van der Waals surface area contributed by atoms with Crippen molar-refractivity contribution in [1.29, 1.82) is 0 Å². The Balaban J connectivity index is 2.38. The van der Waals surface area contributed by atoms with Crippen molar-refractivity contribution >= 4 is 5.97 Å². The second-order valence-corrected chi connectivity index (χ2v) is 4.69. The van der Waals surface area contributed by atoms with Crippen molar-refractivity contribution in [3.63, 3.8) is 0 Å². The number of hydrogen-bond donors (Lipinski definition) is 1. The average molecular weight is 229 g/mol. The van der Waals surface area contributed by atoms with Gasteiger partial charge in [0, 0.05) is 19.8 Å². The second kappa shape index (κ2) is 6.21. The molecular formula is C12H23NO3. The Bertz CT molecular complexity index is 228. The Morgan fingerprint density at radius 3 is 2.56 bits per heavy atom. The third kappa shape index (κ3) is 4.10. The van der Waals surface area contributed by atoms with Gasteiger partial charge in [0.05, 0.1) is 7.11 Å². The third-order valence-corrected chi connectivity index (χ3v) is 3.01. The molecule has 4 heteroatoms. The van der Waals surface area contributed by atoms with Crippen LogP contribution in [0.3, 0.4) is 0 Å². The molecule has 0 amide bonds. The van der Waals surface area contributed by atoms with Gasteiger partial charge in [0.1, 0.15) is 5.54 Å². The fraction of sp³-hybridized carbons (Fsp3) is 0.917. The Kier molecular flexibility index (Phi) is 5.22. The zero-order valence-electron chi connectivity index (χ0n) is 10.5. The van der Waals surface area contributed by atoms with E-state index in [0.717, 1.165) is 25.9 Å². The number of ether oxygens (including phenoxy) is 2. The quantitative estimate of drug-likeness (QED) is 0.506. The molecule has 0 heterocycles. The van der Waals surface area contributed by atoms with Crippen molar-refractivity contribution in [2.75, 3.05) is 20.8 Å². The van der Waals surface area contributed by atoms with Crippen LogP contribution in [0.25, 0.3) is 0 Å². The molecule has 0 aromatic heterocycles. The first kappa shape index (κ1) is 13.5. The minimum absolute atomic E-state index is 0.156. The summed E-state index contributed by atoms with van der Waals surface area (Å²) >= 11 is 0. The van der Waals surface area contributed by atoms with Crippen LogP contribution >= 0.6 is 0 Å². The molecule has 1 atom stereocenters. The molecule has 0 aromatic rings. The van der Waals surface area contributed by atoms with Crippen molar-refractivity contribution in [3.05, 3.63) is 0 Å². The van der Waals surface area contributed by atoms with E-state index in [1.165, 1.54) is 20.0 Å². The standard InChI is InChI=1S/C12H23NO3/c1-12(11(14)16-3,13-10-6-7-10)8-4-5-9-15-2/h10,13H,4-9H2,1-3H3. The van der Waals surface area contributed by atoms with E-state index in [2.05, 4.69) is 5.32 Å². The number of unbranched alkanes of at least 4 members (excludes halogenated alkanes) is 1. The molecule has 0 spiro atoms. The molecule has 16 heavy (non-hydrogen) atoms. The first-order valence-corrected chi connectivity index (χ1v) is 5.97. The largest absolute Gasteiger partial charge is 0.468 e. The maximum atomic E-state index is 11.7. The molecule has 1 aliphatic rings. The summed E-state index contributed by atoms with van der Waals surface area (Å²) in [5.74, 6) is -0.156. The summed E-state index contributed by atoms with van der Waals surface area (Å²) in [6.07, 6.45) is 5.10. The zero-order chi connectivity index (χ0) is 12.0. The van der Waals surface area contributed by atoms with E-state index in [9.17, 15) is 4.79 Å². The van der Waals surface area contributed by atoms with Crippen LogP contribution in [0.2, 0.25) is 0 Å². The lowest BCUT2D eigenvalue weighted by atomic mass is 9.94. The van der Waals surface area contributed by atoms with Gasteiger partial charge in [-0.3, -0.25) is 10.1 Å². The van der Waals surface area contributed by atoms with E-state index in [4.69, 9.17) is 9.47 Å². The van der Waals surface area contributed by atoms with Crippen LogP contribution in [-0.4, -0.2) is 38.4 Å². The minimum Gasteiger partial charge on any atom is -0.468 e. The Labute approximate surface area is 97.7 Å². The van der Waals surface area contributed by atoms with Crippen molar-refractivity contribution in [2.45, 2.75) is 50.6 Å². The summed E-state index contributed by atoms with van der Waals surface area (Å²) < 4.78 is 9.87. The molecule has 1 aliphatic carbocycles. The number of nitrogens with one attached hydrogen (secondary N) is 1. The van der Waals surface area contributed by atoms with E-state index in [0.29, 0.717) is 6.04 Å². The lowest BCUT2D eigenvalue weighted by molar-refractivity contribution is -0.148. The molecule has 1 unspecified atom stereocenters. The monoisotopic (exact) mass is 229 g/mol. The Morgan fingerprint density at radius 2 is 2.06 bits per heavy atom. The summed E-state index contributed by atoms with van der Waals surface area (Å²) in [4.78, 5) is 11.7. The molecule has 1 N–H and O–H groups in total. The lowest BCUT2D eigenvalue weighted by Gasteiger charge is -2.28. The molecule has 4 nitrogen and oxygen atoms in total. The van der Waals surface area contributed by atoms with Crippen LogP contribution in [0, 0.1) is 0 Å². The highest BCUT2D eigenvalue weighted by atomic mass is 16.5. The summed E-state index contributed by atoms with van der Waals surface area (Å²) in [6, 6.07) is 0.506. The summed E-state index contributed by atoms with van der Waals surface area (Å²) in [6.45, 7) is 2.69. The van der Waals surface area contributed by atoms with Crippen LogP contribution in [0.5, 0.6) is 0 Å². The van der Waals surface area contributed by atoms with Crippen molar-refractivity contribution < 1.29 is 14.3 Å². The molecule has 0 saturated heterocycles. The highest BCUT2D eigenvalue weighted by Gasteiger charge is 2.38. The fourth-order valence-electron chi connectivity index (χ4n) is 1.86.